The monoisotopic (exact) mass is 341 g/mol. The van der Waals surface area contributed by atoms with E-state index in [0.29, 0.717) is 12.0 Å². The lowest BCUT2D eigenvalue weighted by atomic mass is 9.91. The maximum Gasteiger partial charge on any atom is 0.326 e. The molecule has 0 aromatic heterocycles. The third-order valence-electron chi connectivity index (χ3n) is 4.72. The zero-order valence-corrected chi connectivity index (χ0v) is 14.0. The highest BCUT2D eigenvalue weighted by molar-refractivity contribution is 5.86. The number of carbonyl (C=O) groups is 2. The molecule has 1 aliphatic rings. The molecule has 3 rings (SSSR count). The summed E-state index contributed by atoms with van der Waals surface area (Å²) in [7, 11) is 0. The van der Waals surface area contributed by atoms with Gasteiger partial charge in [0.2, 0.25) is 5.91 Å². The molecule has 0 aliphatic carbocycles. The first-order valence-corrected chi connectivity index (χ1v) is 8.31. The number of rotatable bonds is 4. The first-order valence-electron chi connectivity index (χ1n) is 8.31. The van der Waals surface area contributed by atoms with Crippen molar-refractivity contribution in [2.75, 3.05) is 0 Å². The molecule has 130 valence electrons. The number of hydrogen-bond donors (Lipinski definition) is 1. The quantitative estimate of drug-likeness (QED) is 0.930. The van der Waals surface area contributed by atoms with Crippen LogP contribution in [0.4, 0.5) is 4.39 Å². The van der Waals surface area contributed by atoms with E-state index >= 15 is 0 Å². The number of carboxylic acid groups (broad SMARTS) is 1. The number of benzene rings is 2. The molecule has 2 unspecified atom stereocenters. The summed E-state index contributed by atoms with van der Waals surface area (Å²) in [6.07, 6.45) is 0.541. The van der Waals surface area contributed by atoms with E-state index in [1.807, 2.05) is 24.3 Å². The second kappa shape index (κ2) is 7.05. The summed E-state index contributed by atoms with van der Waals surface area (Å²) in [5.41, 5.74) is 2.39. The van der Waals surface area contributed by atoms with Gasteiger partial charge in [-0.25, -0.2) is 9.18 Å². The number of nitrogens with zero attached hydrogens (tertiary/aromatic N) is 1. The largest absolute Gasteiger partial charge is 0.480 e. The van der Waals surface area contributed by atoms with E-state index in [1.165, 1.54) is 11.0 Å². The van der Waals surface area contributed by atoms with Gasteiger partial charge >= 0.3 is 5.97 Å². The minimum Gasteiger partial charge on any atom is -0.480 e. The van der Waals surface area contributed by atoms with Gasteiger partial charge in [-0.2, -0.15) is 0 Å². The summed E-state index contributed by atoms with van der Waals surface area (Å²) in [5, 5.41) is 9.54. The topological polar surface area (TPSA) is 57.6 Å². The standard InChI is InChI=1S/C20H20FNO3/c1-13(10-15-7-4-5-9-17(15)21)19(23)22-12-16-8-3-2-6-14(16)11-18(22)20(24)25/h2-9,13,18H,10-12H2,1H3,(H,24,25). The molecule has 1 aliphatic heterocycles. The normalized spacial score (nSPS) is 17.7. The van der Waals surface area contributed by atoms with Gasteiger partial charge in [-0.1, -0.05) is 49.4 Å². The molecular weight excluding hydrogens is 321 g/mol. The Balaban J connectivity index is 1.82. The Morgan fingerprint density at radius 1 is 1.16 bits per heavy atom. The molecule has 0 bridgehead atoms. The molecule has 0 fully saturated rings. The molecule has 25 heavy (non-hydrogen) atoms. The number of halogens is 1. The molecule has 2 atom stereocenters. The number of amides is 1. The van der Waals surface area contributed by atoms with Gasteiger partial charge in [0.05, 0.1) is 0 Å². The lowest BCUT2D eigenvalue weighted by Gasteiger charge is -2.36. The summed E-state index contributed by atoms with van der Waals surface area (Å²) >= 11 is 0. The van der Waals surface area contributed by atoms with E-state index in [2.05, 4.69) is 0 Å². The Hall–Kier alpha value is -2.69. The summed E-state index contributed by atoms with van der Waals surface area (Å²) in [6, 6.07) is 13.0. The Morgan fingerprint density at radius 3 is 2.48 bits per heavy atom. The lowest BCUT2D eigenvalue weighted by Crippen LogP contribution is -2.50. The van der Waals surface area contributed by atoms with E-state index in [1.54, 1.807) is 25.1 Å². The summed E-state index contributed by atoms with van der Waals surface area (Å²) < 4.78 is 13.8. The predicted octanol–water partition coefficient (Wildman–Crippen LogP) is 3.04. The van der Waals surface area contributed by atoms with Crippen molar-refractivity contribution in [3.05, 3.63) is 71.0 Å². The fourth-order valence-corrected chi connectivity index (χ4v) is 3.34. The van der Waals surface area contributed by atoms with Crippen molar-refractivity contribution < 1.29 is 19.1 Å². The van der Waals surface area contributed by atoms with Crippen molar-refractivity contribution in [3.63, 3.8) is 0 Å². The SMILES string of the molecule is CC(Cc1ccccc1F)C(=O)N1Cc2ccccc2CC1C(=O)O. The van der Waals surface area contributed by atoms with Crippen LogP contribution in [0.25, 0.3) is 0 Å². The lowest BCUT2D eigenvalue weighted by molar-refractivity contribution is -0.153. The first kappa shape index (κ1) is 17.1. The number of hydrogen-bond acceptors (Lipinski definition) is 2. The highest BCUT2D eigenvalue weighted by Gasteiger charge is 2.36. The van der Waals surface area contributed by atoms with Crippen molar-refractivity contribution in [2.24, 2.45) is 5.92 Å². The molecule has 1 N–H and O–H groups in total. The average Bonchev–Trinajstić information content (AvgIpc) is 2.61. The molecule has 2 aromatic rings. The van der Waals surface area contributed by atoms with Crippen LogP contribution in [-0.4, -0.2) is 27.9 Å². The minimum absolute atomic E-state index is 0.246. The van der Waals surface area contributed by atoms with Crippen LogP contribution in [0.5, 0.6) is 0 Å². The molecule has 0 radical (unpaired) electrons. The van der Waals surface area contributed by atoms with Crippen LogP contribution < -0.4 is 0 Å². The molecule has 1 amide bonds. The molecule has 2 aromatic carbocycles. The van der Waals surface area contributed by atoms with Gasteiger partial charge < -0.3 is 10.0 Å². The van der Waals surface area contributed by atoms with Crippen LogP contribution in [0, 0.1) is 11.7 Å². The maximum atomic E-state index is 13.8. The van der Waals surface area contributed by atoms with Gasteiger partial charge in [0.1, 0.15) is 11.9 Å². The maximum absolute atomic E-state index is 13.8. The molecule has 0 spiro atoms. The van der Waals surface area contributed by atoms with Crippen LogP contribution in [0.15, 0.2) is 48.5 Å². The zero-order valence-electron chi connectivity index (χ0n) is 14.0. The number of carbonyl (C=O) groups excluding carboxylic acids is 1. The molecule has 0 saturated carbocycles. The highest BCUT2D eigenvalue weighted by Crippen LogP contribution is 2.26. The van der Waals surface area contributed by atoms with Crippen molar-refractivity contribution >= 4 is 11.9 Å². The average molecular weight is 341 g/mol. The van der Waals surface area contributed by atoms with E-state index in [-0.39, 0.29) is 24.7 Å². The smallest absolute Gasteiger partial charge is 0.326 e. The zero-order chi connectivity index (χ0) is 18.0. The van der Waals surface area contributed by atoms with Crippen molar-refractivity contribution in [3.8, 4) is 0 Å². The van der Waals surface area contributed by atoms with E-state index in [0.717, 1.165) is 11.1 Å². The molecule has 0 saturated heterocycles. The van der Waals surface area contributed by atoms with Crippen molar-refractivity contribution in [1.29, 1.82) is 0 Å². The van der Waals surface area contributed by atoms with Gasteiger partial charge in [0, 0.05) is 18.9 Å². The molecule has 4 nitrogen and oxygen atoms in total. The van der Waals surface area contributed by atoms with Gasteiger partial charge in [-0.3, -0.25) is 4.79 Å². The van der Waals surface area contributed by atoms with E-state index < -0.39 is 17.9 Å². The third-order valence-corrected chi connectivity index (χ3v) is 4.72. The van der Waals surface area contributed by atoms with Gasteiger partial charge in [0.25, 0.3) is 0 Å². The Bertz CT molecular complexity index is 805. The fourth-order valence-electron chi connectivity index (χ4n) is 3.34. The van der Waals surface area contributed by atoms with Gasteiger partial charge in [0.15, 0.2) is 0 Å². The van der Waals surface area contributed by atoms with Gasteiger partial charge in [-0.15, -0.1) is 0 Å². The Morgan fingerprint density at radius 2 is 1.80 bits per heavy atom. The number of fused-ring (bicyclic) bond motifs is 1. The minimum atomic E-state index is -1.01. The van der Waals surface area contributed by atoms with Crippen LogP contribution >= 0.6 is 0 Å². The van der Waals surface area contributed by atoms with E-state index in [4.69, 9.17) is 0 Å². The molecular formula is C20H20FNO3. The summed E-state index contributed by atoms with van der Waals surface area (Å²) in [6.45, 7) is 1.99. The molecule has 1 heterocycles. The second-order valence-electron chi connectivity index (χ2n) is 6.49. The fraction of sp³-hybridized carbons (Fsp3) is 0.300. The molecule has 5 heteroatoms. The van der Waals surface area contributed by atoms with Crippen LogP contribution in [0.1, 0.15) is 23.6 Å². The Labute approximate surface area is 145 Å². The number of aliphatic carboxylic acids is 1. The van der Waals surface area contributed by atoms with Crippen LogP contribution in [0.2, 0.25) is 0 Å². The van der Waals surface area contributed by atoms with Crippen LogP contribution in [-0.2, 0) is 29.0 Å². The summed E-state index contributed by atoms with van der Waals surface area (Å²) in [4.78, 5) is 26.0. The first-order chi connectivity index (χ1) is 12.0. The highest BCUT2D eigenvalue weighted by atomic mass is 19.1. The van der Waals surface area contributed by atoms with Gasteiger partial charge in [-0.05, 0) is 29.2 Å². The van der Waals surface area contributed by atoms with Crippen molar-refractivity contribution in [2.45, 2.75) is 32.4 Å². The Kier molecular flexibility index (Phi) is 4.83. The number of carboxylic acids is 1. The predicted molar refractivity (Wildman–Crippen MR) is 91.4 cm³/mol. The third kappa shape index (κ3) is 3.55. The second-order valence-corrected chi connectivity index (χ2v) is 6.49. The van der Waals surface area contributed by atoms with Crippen molar-refractivity contribution in [1.82, 2.24) is 4.90 Å². The van der Waals surface area contributed by atoms with Crippen LogP contribution in [0.3, 0.4) is 0 Å². The van der Waals surface area contributed by atoms with E-state index in [9.17, 15) is 19.1 Å². The summed E-state index contributed by atoms with van der Waals surface area (Å²) in [5.74, 6) is -2.11.